The number of rotatable bonds is 8. The number of aryl methyl sites for hydroxylation is 1. The highest BCUT2D eigenvalue weighted by Crippen LogP contribution is 2.35. The lowest BCUT2D eigenvalue weighted by molar-refractivity contribution is -0.736. The second-order valence-corrected chi connectivity index (χ2v) is 9.25. The minimum atomic E-state index is -0.575. The lowest BCUT2D eigenvalue weighted by atomic mass is 10.00. The number of nitrogens with one attached hydrogen (secondary N) is 1. The molecule has 2 heterocycles. The minimum Gasteiger partial charge on any atom is -0.457 e. The second kappa shape index (κ2) is 11.0. The van der Waals surface area contributed by atoms with E-state index in [1.54, 1.807) is 36.4 Å². The maximum atomic E-state index is 12.6. The Hall–Kier alpha value is -4.57. The van der Waals surface area contributed by atoms with Gasteiger partial charge in [-0.2, -0.15) is 0 Å². The molecule has 1 atom stereocenters. The minimum absolute atomic E-state index is 0.110. The van der Waals surface area contributed by atoms with Gasteiger partial charge in [0.05, 0.1) is 28.8 Å². The van der Waals surface area contributed by atoms with Crippen LogP contribution in [0.4, 0.5) is 5.69 Å². The molecule has 1 aliphatic heterocycles. The first-order valence-electron chi connectivity index (χ1n) is 12.3. The van der Waals surface area contributed by atoms with Crippen molar-refractivity contribution in [3.05, 3.63) is 99.4 Å². The van der Waals surface area contributed by atoms with Gasteiger partial charge in [0.1, 0.15) is 23.4 Å². The fraction of sp³-hybridized carbons (Fsp3) is 0.214. The van der Waals surface area contributed by atoms with Crippen molar-refractivity contribution in [1.82, 2.24) is 20.1 Å². The maximum Gasteiger partial charge on any atom is 0.320 e. The van der Waals surface area contributed by atoms with Crippen molar-refractivity contribution in [2.24, 2.45) is 4.99 Å². The average Bonchev–Trinajstić information content (AvgIpc) is 3.26. The zero-order valence-electron chi connectivity index (χ0n) is 21.6. The Morgan fingerprint density at radius 3 is 2.59 bits per heavy atom. The topological polar surface area (TPSA) is 111 Å². The molecule has 0 saturated carbocycles. The number of ether oxygens (including phenoxy) is 1. The van der Waals surface area contributed by atoms with Gasteiger partial charge in [-0.05, 0) is 50.2 Å². The smallest absolute Gasteiger partial charge is 0.320 e. The average molecular weight is 546 g/mol. The Kier molecular flexibility index (Phi) is 7.38. The van der Waals surface area contributed by atoms with Crippen LogP contribution in [0.25, 0.3) is 5.69 Å². The van der Waals surface area contributed by atoms with Gasteiger partial charge in [0.25, 0.3) is 4.92 Å². The van der Waals surface area contributed by atoms with Crippen LogP contribution >= 0.6 is 11.6 Å². The van der Waals surface area contributed by atoms with E-state index in [2.05, 4.69) is 15.5 Å². The van der Waals surface area contributed by atoms with Crippen LogP contribution in [-0.4, -0.2) is 45.0 Å². The van der Waals surface area contributed by atoms with Crippen LogP contribution in [0.2, 0.25) is 5.02 Å². The Bertz CT molecular complexity index is 1580. The monoisotopic (exact) mass is 545 g/mol. The van der Waals surface area contributed by atoms with E-state index >= 15 is 0 Å². The van der Waals surface area contributed by atoms with Crippen molar-refractivity contribution in [3.63, 3.8) is 0 Å². The van der Waals surface area contributed by atoms with Crippen molar-refractivity contribution in [1.29, 1.82) is 0 Å². The third-order valence-corrected chi connectivity index (χ3v) is 6.45. The lowest BCUT2D eigenvalue weighted by Gasteiger charge is -2.15. The molecule has 0 saturated heterocycles. The van der Waals surface area contributed by atoms with Crippen LogP contribution in [0.3, 0.4) is 0 Å². The van der Waals surface area contributed by atoms with Gasteiger partial charge < -0.3 is 10.1 Å². The van der Waals surface area contributed by atoms with E-state index in [-0.39, 0.29) is 12.3 Å². The zero-order valence-corrected chi connectivity index (χ0v) is 22.3. The molecule has 11 heteroatoms. The molecule has 1 N–H and O–H groups in total. The summed E-state index contributed by atoms with van der Waals surface area (Å²) in [5.41, 5.74) is 3.33. The first-order valence-corrected chi connectivity index (χ1v) is 12.7. The number of nitrogens with zero attached hydrogens (tertiary/aromatic N) is 5. The van der Waals surface area contributed by atoms with Gasteiger partial charge in [-0.3, -0.25) is 14.4 Å². The summed E-state index contributed by atoms with van der Waals surface area (Å²) in [6.45, 7) is 4.25. The van der Waals surface area contributed by atoms with E-state index in [9.17, 15) is 9.70 Å². The first-order chi connectivity index (χ1) is 18.9. The van der Waals surface area contributed by atoms with E-state index in [0.29, 0.717) is 51.0 Å². The standard InChI is InChI=1S/C28H25ClN6O4/c1-4-30-26(36)16-24-28-33-32-17(2)34(28)25-13-12-22(39-21-7-5-6-20(14-21)35(37)38-3)15-23(25)27(31-24)18-8-10-19(29)11-9-18/h5-15,24H,4,16H2,1-3H3/p+1. The normalized spacial score (nSPS) is 13.9. The highest BCUT2D eigenvalue weighted by Gasteiger charge is 2.30. The highest BCUT2D eigenvalue weighted by molar-refractivity contribution is 6.30. The predicted octanol–water partition coefficient (Wildman–Crippen LogP) is 5.41. The van der Waals surface area contributed by atoms with Gasteiger partial charge in [0.2, 0.25) is 5.91 Å². The number of amides is 1. The molecular formula is C28H26ClN6O4+. The van der Waals surface area contributed by atoms with Crippen LogP contribution in [0.15, 0.2) is 71.7 Å². The predicted molar refractivity (Wildman–Crippen MR) is 146 cm³/mol. The summed E-state index contributed by atoms with van der Waals surface area (Å²) >= 11 is 6.18. The number of aromatic nitrogens is 3. The zero-order chi connectivity index (χ0) is 27.5. The molecule has 1 unspecified atom stereocenters. The van der Waals surface area contributed by atoms with Crippen LogP contribution < -0.4 is 10.1 Å². The summed E-state index contributed by atoms with van der Waals surface area (Å²) in [6.07, 6.45) is 0.110. The van der Waals surface area contributed by atoms with E-state index < -0.39 is 6.04 Å². The van der Waals surface area contributed by atoms with Gasteiger partial charge in [0, 0.05) is 28.8 Å². The van der Waals surface area contributed by atoms with Crippen molar-refractivity contribution < 1.29 is 19.3 Å². The molecule has 0 spiro atoms. The molecule has 1 aliphatic rings. The fourth-order valence-electron chi connectivity index (χ4n) is 4.46. The Balaban J connectivity index is 1.64. The molecule has 0 radical (unpaired) electrons. The van der Waals surface area contributed by atoms with Crippen LogP contribution in [0.5, 0.6) is 11.5 Å². The van der Waals surface area contributed by atoms with E-state index in [0.717, 1.165) is 16.8 Å². The third-order valence-electron chi connectivity index (χ3n) is 6.20. The number of hydrogen-bond donors (Lipinski definition) is 1. The first kappa shape index (κ1) is 26.1. The largest absolute Gasteiger partial charge is 0.457 e. The van der Waals surface area contributed by atoms with Crippen molar-refractivity contribution in [2.45, 2.75) is 26.3 Å². The van der Waals surface area contributed by atoms with Crippen LogP contribution in [0, 0.1) is 11.8 Å². The van der Waals surface area contributed by atoms with E-state index in [1.165, 1.54) is 7.11 Å². The number of carbonyl (C=O) groups is 1. The van der Waals surface area contributed by atoms with Gasteiger partial charge in [0.15, 0.2) is 12.9 Å². The Morgan fingerprint density at radius 1 is 1.08 bits per heavy atom. The third kappa shape index (κ3) is 5.37. The van der Waals surface area contributed by atoms with E-state index in [4.69, 9.17) is 26.2 Å². The van der Waals surface area contributed by atoms with Crippen molar-refractivity contribution in [2.75, 3.05) is 13.7 Å². The second-order valence-electron chi connectivity index (χ2n) is 8.82. The summed E-state index contributed by atoms with van der Waals surface area (Å²) in [4.78, 5) is 34.8. The molecule has 5 rings (SSSR count). The molecule has 0 fully saturated rings. The number of halogens is 1. The number of fused-ring (bicyclic) bond motifs is 3. The highest BCUT2D eigenvalue weighted by atomic mass is 35.5. The SMILES string of the molecule is CCNC(=O)CC1N=C(c2ccc(Cl)cc2)c2cc(Oc3cccc([N+](=O)OC)c3)ccc2-n2c(C)nnc21. The van der Waals surface area contributed by atoms with Crippen molar-refractivity contribution in [3.8, 4) is 17.2 Å². The summed E-state index contributed by atoms with van der Waals surface area (Å²) < 4.78 is 8.07. The van der Waals surface area contributed by atoms with Gasteiger partial charge in [-0.1, -0.05) is 29.8 Å². The summed E-state index contributed by atoms with van der Waals surface area (Å²) in [7, 11) is 1.30. The lowest BCUT2D eigenvalue weighted by Crippen LogP contribution is -2.25. The molecule has 1 aromatic heterocycles. The molecule has 0 aliphatic carbocycles. The number of benzene rings is 3. The summed E-state index contributed by atoms with van der Waals surface area (Å²) in [5, 5.41) is 12.1. The Labute approximate surface area is 229 Å². The van der Waals surface area contributed by atoms with Gasteiger partial charge in [-0.15, -0.1) is 10.2 Å². The van der Waals surface area contributed by atoms with Crippen molar-refractivity contribution >= 4 is 28.9 Å². The van der Waals surface area contributed by atoms with Gasteiger partial charge >= 0.3 is 5.69 Å². The molecule has 3 aromatic carbocycles. The summed E-state index contributed by atoms with van der Waals surface area (Å²) in [5.74, 6) is 2.08. The molecule has 39 heavy (non-hydrogen) atoms. The quantitative estimate of drug-likeness (QED) is 0.296. The molecule has 10 nitrogen and oxygen atoms in total. The number of carbonyl (C=O) groups excluding carboxylic acids is 1. The molecular weight excluding hydrogens is 520 g/mol. The summed E-state index contributed by atoms with van der Waals surface area (Å²) in [6, 6.07) is 19.1. The number of hydrogen-bond acceptors (Lipinski definition) is 7. The number of aliphatic imine (C=N–C) groups is 1. The van der Waals surface area contributed by atoms with Gasteiger partial charge in [-0.25, -0.2) is 4.84 Å². The van der Waals surface area contributed by atoms with Crippen LogP contribution in [-0.2, 0) is 9.63 Å². The van der Waals surface area contributed by atoms with Crippen LogP contribution in [0.1, 0.15) is 42.2 Å². The maximum absolute atomic E-state index is 12.6. The molecule has 0 bridgehead atoms. The van der Waals surface area contributed by atoms with E-state index in [1.807, 2.05) is 48.7 Å². The molecule has 198 valence electrons. The Morgan fingerprint density at radius 2 is 1.85 bits per heavy atom. The molecule has 4 aromatic rings. The molecule has 1 amide bonds. The fourth-order valence-corrected chi connectivity index (χ4v) is 4.59.